The fourth-order valence-corrected chi connectivity index (χ4v) is 3.41. The predicted molar refractivity (Wildman–Crippen MR) is 76.3 cm³/mol. The highest BCUT2D eigenvalue weighted by atomic mass is 79.9. The van der Waals surface area contributed by atoms with Gasteiger partial charge >= 0.3 is 0 Å². The molecular formula is C12H14BrFN2OS. The summed E-state index contributed by atoms with van der Waals surface area (Å²) in [6, 6.07) is 2.83. The van der Waals surface area contributed by atoms with Crippen LogP contribution in [0.2, 0.25) is 0 Å². The van der Waals surface area contributed by atoms with Crippen LogP contribution in [0.15, 0.2) is 16.6 Å². The number of rotatable bonds is 1. The summed E-state index contributed by atoms with van der Waals surface area (Å²) in [5.41, 5.74) is 5.95. The second-order valence-corrected chi connectivity index (χ2v) is 6.28. The molecule has 6 heteroatoms. The third-order valence-corrected chi connectivity index (χ3v) is 4.79. The Labute approximate surface area is 118 Å². The molecule has 1 aromatic carbocycles. The van der Waals surface area contributed by atoms with E-state index in [1.54, 1.807) is 0 Å². The van der Waals surface area contributed by atoms with Crippen molar-refractivity contribution in [3.63, 3.8) is 0 Å². The summed E-state index contributed by atoms with van der Waals surface area (Å²) in [6.07, 6.45) is 0. The molecule has 98 valence electrons. The number of nitrogens with zero attached hydrogens (tertiary/aromatic N) is 1. The molecule has 3 nitrogen and oxygen atoms in total. The molecule has 0 aliphatic carbocycles. The summed E-state index contributed by atoms with van der Waals surface area (Å²) in [5.74, 6) is 1.26. The van der Waals surface area contributed by atoms with Gasteiger partial charge in [0.2, 0.25) is 0 Å². The maximum absolute atomic E-state index is 13.3. The predicted octanol–water partition coefficient (Wildman–Crippen LogP) is 2.75. The third-order valence-electron chi connectivity index (χ3n) is 2.95. The Hall–Kier alpha value is -0.750. The third kappa shape index (κ3) is 2.64. The van der Waals surface area contributed by atoms with Gasteiger partial charge in [-0.3, -0.25) is 4.79 Å². The van der Waals surface area contributed by atoms with E-state index in [1.165, 1.54) is 12.1 Å². The highest BCUT2D eigenvalue weighted by molar-refractivity contribution is 9.10. The van der Waals surface area contributed by atoms with Gasteiger partial charge in [0.15, 0.2) is 0 Å². The van der Waals surface area contributed by atoms with Crippen molar-refractivity contribution in [2.24, 2.45) is 0 Å². The van der Waals surface area contributed by atoms with Crippen LogP contribution in [0.1, 0.15) is 17.3 Å². The number of thioether (sulfide) groups is 1. The average molecular weight is 333 g/mol. The van der Waals surface area contributed by atoms with Gasteiger partial charge in [-0.15, -0.1) is 0 Å². The first-order valence-corrected chi connectivity index (χ1v) is 7.58. The van der Waals surface area contributed by atoms with Crippen LogP contribution in [0, 0.1) is 5.82 Å². The number of halogens is 2. The van der Waals surface area contributed by atoms with Gasteiger partial charge in [-0.1, -0.05) is 0 Å². The summed E-state index contributed by atoms with van der Waals surface area (Å²) in [6.45, 7) is 2.74. The van der Waals surface area contributed by atoms with Crippen molar-refractivity contribution >= 4 is 39.3 Å². The van der Waals surface area contributed by atoms with Crippen LogP contribution in [0.3, 0.4) is 0 Å². The van der Waals surface area contributed by atoms with Crippen LogP contribution in [0.4, 0.5) is 10.1 Å². The standard InChI is InChI=1S/C12H14BrFN2OS/c1-7-6-18-3-2-16(7)12(17)8-4-11(15)10(14)5-9(8)13/h4-5,7H,2-3,6,15H2,1H3. The molecule has 2 N–H and O–H groups in total. The zero-order valence-electron chi connectivity index (χ0n) is 9.95. The van der Waals surface area contributed by atoms with Crippen LogP contribution in [-0.2, 0) is 0 Å². The minimum Gasteiger partial charge on any atom is -0.396 e. The molecule has 0 aromatic heterocycles. The van der Waals surface area contributed by atoms with Gasteiger partial charge in [0.25, 0.3) is 5.91 Å². The zero-order chi connectivity index (χ0) is 13.3. The molecule has 1 saturated heterocycles. The lowest BCUT2D eigenvalue weighted by Gasteiger charge is -2.33. The van der Waals surface area contributed by atoms with E-state index in [0.717, 1.165) is 11.5 Å². The molecule has 0 bridgehead atoms. The van der Waals surface area contributed by atoms with E-state index in [-0.39, 0.29) is 17.6 Å². The van der Waals surface area contributed by atoms with E-state index in [9.17, 15) is 9.18 Å². The van der Waals surface area contributed by atoms with Crippen molar-refractivity contribution < 1.29 is 9.18 Å². The van der Waals surface area contributed by atoms with Crippen LogP contribution in [0.5, 0.6) is 0 Å². The number of hydrogen-bond acceptors (Lipinski definition) is 3. The van der Waals surface area contributed by atoms with Crippen LogP contribution < -0.4 is 5.73 Å². The number of hydrogen-bond donors (Lipinski definition) is 1. The highest BCUT2D eigenvalue weighted by Crippen LogP contribution is 2.26. The zero-order valence-corrected chi connectivity index (χ0v) is 12.4. The number of nitrogens with two attached hydrogens (primary N) is 1. The lowest BCUT2D eigenvalue weighted by atomic mass is 10.1. The second kappa shape index (κ2) is 5.48. The minimum absolute atomic E-state index is 0.000544. The first-order valence-electron chi connectivity index (χ1n) is 5.64. The summed E-state index contributed by atoms with van der Waals surface area (Å²) in [7, 11) is 0. The molecule has 0 radical (unpaired) electrons. The van der Waals surface area contributed by atoms with E-state index in [0.29, 0.717) is 16.6 Å². The van der Waals surface area contributed by atoms with Crippen LogP contribution in [-0.4, -0.2) is 34.9 Å². The average Bonchev–Trinajstić information content (AvgIpc) is 2.33. The SMILES string of the molecule is CC1CSCCN1C(=O)c1cc(N)c(F)cc1Br. The van der Waals surface area contributed by atoms with Crippen LogP contribution >= 0.6 is 27.7 Å². The Bertz CT molecular complexity index is 483. The minimum atomic E-state index is -0.513. The van der Waals surface area contributed by atoms with Gasteiger partial charge in [0, 0.05) is 28.6 Å². The fourth-order valence-electron chi connectivity index (χ4n) is 1.91. The normalized spacial score (nSPS) is 19.9. The maximum Gasteiger partial charge on any atom is 0.255 e. The molecule has 1 atom stereocenters. The lowest BCUT2D eigenvalue weighted by Crippen LogP contribution is -2.44. The topological polar surface area (TPSA) is 46.3 Å². The Kier molecular flexibility index (Phi) is 4.17. The molecule has 1 aliphatic heterocycles. The molecule has 1 unspecified atom stereocenters. The van der Waals surface area contributed by atoms with Crippen molar-refractivity contribution in [2.75, 3.05) is 23.8 Å². The molecule has 1 aliphatic rings. The molecule has 0 saturated carbocycles. The summed E-state index contributed by atoms with van der Waals surface area (Å²) < 4.78 is 13.7. The van der Waals surface area contributed by atoms with Gasteiger partial charge in [-0.25, -0.2) is 4.39 Å². The van der Waals surface area contributed by atoms with Gasteiger partial charge in [0.1, 0.15) is 5.82 Å². The van der Waals surface area contributed by atoms with Crippen molar-refractivity contribution in [2.45, 2.75) is 13.0 Å². The van der Waals surface area contributed by atoms with Crippen molar-refractivity contribution in [3.8, 4) is 0 Å². The molecule has 18 heavy (non-hydrogen) atoms. The van der Waals surface area contributed by atoms with Crippen molar-refractivity contribution in [1.29, 1.82) is 0 Å². The highest BCUT2D eigenvalue weighted by Gasteiger charge is 2.26. The van der Waals surface area contributed by atoms with Crippen molar-refractivity contribution in [1.82, 2.24) is 4.90 Å². The van der Waals surface area contributed by atoms with Gasteiger partial charge in [-0.05, 0) is 35.0 Å². The van der Waals surface area contributed by atoms with Gasteiger partial charge in [0.05, 0.1) is 11.3 Å². The lowest BCUT2D eigenvalue weighted by molar-refractivity contribution is 0.0715. The van der Waals surface area contributed by atoms with E-state index in [4.69, 9.17) is 5.73 Å². The number of amides is 1. The molecule has 1 fully saturated rings. The van der Waals surface area contributed by atoms with Crippen molar-refractivity contribution in [3.05, 3.63) is 28.0 Å². The molecule has 1 amide bonds. The maximum atomic E-state index is 13.3. The molecular weight excluding hydrogens is 319 g/mol. The Morgan fingerprint density at radius 3 is 3.00 bits per heavy atom. The van der Waals surface area contributed by atoms with E-state index < -0.39 is 5.82 Å². The Balaban J connectivity index is 2.30. The monoisotopic (exact) mass is 332 g/mol. The number of anilines is 1. The quantitative estimate of drug-likeness (QED) is 0.804. The molecule has 1 aromatic rings. The summed E-state index contributed by atoms with van der Waals surface area (Å²) >= 11 is 5.06. The number of carbonyl (C=O) groups is 1. The van der Waals surface area contributed by atoms with Crippen LogP contribution in [0.25, 0.3) is 0 Å². The molecule has 1 heterocycles. The molecule has 2 rings (SSSR count). The second-order valence-electron chi connectivity index (χ2n) is 4.28. The van der Waals surface area contributed by atoms with E-state index in [2.05, 4.69) is 15.9 Å². The molecule has 0 spiro atoms. The number of nitrogen functional groups attached to an aromatic ring is 1. The smallest absolute Gasteiger partial charge is 0.255 e. The number of benzene rings is 1. The van der Waals surface area contributed by atoms with Gasteiger partial charge in [-0.2, -0.15) is 11.8 Å². The Morgan fingerprint density at radius 1 is 1.61 bits per heavy atom. The largest absolute Gasteiger partial charge is 0.396 e. The first-order chi connectivity index (χ1) is 8.50. The fraction of sp³-hybridized carbons (Fsp3) is 0.417. The van der Waals surface area contributed by atoms with E-state index >= 15 is 0 Å². The van der Waals surface area contributed by atoms with E-state index in [1.807, 2.05) is 23.6 Å². The summed E-state index contributed by atoms with van der Waals surface area (Å²) in [5, 5.41) is 0. The Morgan fingerprint density at radius 2 is 2.33 bits per heavy atom. The van der Waals surface area contributed by atoms with Gasteiger partial charge < -0.3 is 10.6 Å². The number of carbonyl (C=O) groups excluding carboxylic acids is 1. The summed E-state index contributed by atoms with van der Waals surface area (Å²) in [4.78, 5) is 14.2. The first kappa shape index (κ1) is 13.7.